The third-order valence-corrected chi connectivity index (χ3v) is 3.51. The van der Waals surface area contributed by atoms with Gasteiger partial charge in [0.2, 0.25) is 0 Å². The first-order chi connectivity index (χ1) is 12.8. The smallest absolute Gasteiger partial charge is 0.437 e. The number of ether oxygens (including phenoxy) is 1. The van der Waals surface area contributed by atoms with Crippen molar-refractivity contribution >= 4 is 17.5 Å². The summed E-state index contributed by atoms with van der Waals surface area (Å²) in [6.45, 7) is 0. The minimum absolute atomic E-state index is 0.469. The monoisotopic (exact) mass is 347 g/mol. The Morgan fingerprint density at radius 2 is 1.69 bits per heavy atom. The van der Waals surface area contributed by atoms with Gasteiger partial charge in [-0.15, -0.1) is 0 Å². The number of aromatic nitrogens is 1. The molecule has 1 heterocycles. The lowest BCUT2D eigenvalue weighted by Gasteiger charge is -2.07. The molecular weight excluding hydrogens is 330 g/mol. The number of methoxy groups -OCH3 is 1. The molecule has 1 aromatic heterocycles. The lowest BCUT2D eigenvalue weighted by atomic mass is 10.1. The van der Waals surface area contributed by atoms with Crippen LogP contribution in [0.2, 0.25) is 0 Å². The van der Waals surface area contributed by atoms with Gasteiger partial charge >= 0.3 is 6.09 Å². The van der Waals surface area contributed by atoms with Gasteiger partial charge in [-0.05, 0) is 36.4 Å². The van der Waals surface area contributed by atoms with Crippen molar-refractivity contribution in [3.05, 3.63) is 90.3 Å². The van der Waals surface area contributed by atoms with Gasteiger partial charge in [-0.2, -0.15) is 0 Å². The predicted molar refractivity (Wildman–Crippen MR) is 99.4 cm³/mol. The van der Waals surface area contributed by atoms with Crippen LogP contribution < -0.4 is 10.1 Å². The molecule has 130 valence electrons. The molecule has 0 bridgehead atoms. The largest absolute Gasteiger partial charge is 0.497 e. The Morgan fingerprint density at radius 3 is 2.35 bits per heavy atom. The lowest BCUT2D eigenvalue weighted by molar-refractivity contribution is 0.166. The molecule has 0 saturated heterocycles. The third kappa shape index (κ3) is 4.45. The third-order valence-electron chi connectivity index (χ3n) is 3.51. The Balaban J connectivity index is 1.76. The van der Waals surface area contributed by atoms with E-state index < -0.39 is 6.09 Å². The molecule has 0 spiro atoms. The van der Waals surface area contributed by atoms with Crippen LogP contribution in [-0.2, 0) is 4.84 Å². The van der Waals surface area contributed by atoms with E-state index in [1.807, 2.05) is 42.5 Å². The number of carbonyl (C=O) groups is 1. The van der Waals surface area contributed by atoms with Crippen LogP contribution >= 0.6 is 0 Å². The summed E-state index contributed by atoms with van der Waals surface area (Å²) in [4.78, 5) is 21.4. The molecule has 0 unspecified atom stereocenters. The number of benzene rings is 2. The molecule has 0 fully saturated rings. The molecule has 0 saturated carbocycles. The summed E-state index contributed by atoms with van der Waals surface area (Å²) in [6, 6.07) is 21.8. The van der Waals surface area contributed by atoms with Gasteiger partial charge < -0.3 is 4.74 Å². The van der Waals surface area contributed by atoms with Gasteiger partial charge in [0.05, 0.1) is 12.8 Å². The topological polar surface area (TPSA) is 72.8 Å². The van der Waals surface area contributed by atoms with Crippen LogP contribution in [0, 0.1) is 0 Å². The number of hydrogen-bond acceptors (Lipinski definition) is 5. The summed E-state index contributed by atoms with van der Waals surface area (Å²) in [5, 5.41) is 6.62. The first-order valence-corrected chi connectivity index (χ1v) is 7.93. The summed E-state index contributed by atoms with van der Waals surface area (Å²) in [7, 11) is 1.58. The van der Waals surface area contributed by atoms with Crippen molar-refractivity contribution < 1.29 is 14.4 Å². The van der Waals surface area contributed by atoms with E-state index in [9.17, 15) is 4.79 Å². The van der Waals surface area contributed by atoms with Gasteiger partial charge in [0.1, 0.15) is 11.5 Å². The zero-order valence-electron chi connectivity index (χ0n) is 14.1. The number of anilines is 1. The molecule has 0 aliphatic carbocycles. The SMILES string of the molecule is COc1ccc(NC(=O)O/N=C(/c2ccccc2)c2ccccn2)cc1. The Kier molecular flexibility index (Phi) is 5.57. The van der Waals surface area contributed by atoms with Crippen molar-refractivity contribution in [3.63, 3.8) is 0 Å². The second kappa shape index (κ2) is 8.43. The first kappa shape index (κ1) is 17.2. The van der Waals surface area contributed by atoms with Crippen molar-refractivity contribution in [1.82, 2.24) is 4.98 Å². The average molecular weight is 347 g/mol. The summed E-state index contributed by atoms with van der Waals surface area (Å²) in [6.07, 6.45) is 0.963. The Bertz CT molecular complexity index is 838. The number of pyridine rings is 1. The van der Waals surface area contributed by atoms with Crippen LogP contribution in [-0.4, -0.2) is 23.9 Å². The van der Waals surface area contributed by atoms with E-state index in [-0.39, 0.29) is 0 Å². The van der Waals surface area contributed by atoms with E-state index in [2.05, 4.69) is 15.5 Å². The van der Waals surface area contributed by atoms with Gasteiger partial charge in [0.25, 0.3) is 0 Å². The lowest BCUT2D eigenvalue weighted by Crippen LogP contribution is -2.13. The molecular formula is C20H17N3O3. The quantitative estimate of drug-likeness (QED) is 0.429. The second-order valence-electron chi connectivity index (χ2n) is 5.25. The van der Waals surface area contributed by atoms with E-state index in [1.54, 1.807) is 43.6 Å². The van der Waals surface area contributed by atoms with E-state index in [0.29, 0.717) is 22.8 Å². The van der Waals surface area contributed by atoms with Gasteiger partial charge in [-0.3, -0.25) is 15.1 Å². The minimum atomic E-state index is -0.695. The zero-order chi connectivity index (χ0) is 18.2. The highest BCUT2D eigenvalue weighted by atomic mass is 16.7. The van der Waals surface area contributed by atoms with Crippen molar-refractivity contribution in [2.75, 3.05) is 12.4 Å². The molecule has 0 radical (unpaired) electrons. The standard InChI is InChI=1S/C20H17N3O3/c1-25-17-12-10-16(11-13-17)22-20(24)26-23-19(15-7-3-2-4-8-15)18-9-5-6-14-21-18/h2-14H,1H3,(H,22,24)/b23-19-. The highest BCUT2D eigenvalue weighted by Crippen LogP contribution is 2.15. The van der Waals surface area contributed by atoms with Crippen LogP contribution in [0.15, 0.2) is 84.1 Å². The van der Waals surface area contributed by atoms with E-state index >= 15 is 0 Å². The van der Waals surface area contributed by atoms with Crippen LogP contribution in [0.5, 0.6) is 5.75 Å². The maximum atomic E-state index is 12.0. The molecule has 0 aliphatic rings. The van der Waals surface area contributed by atoms with Gasteiger partial charge in [0, 0.05) is 17.4 Å². The number of oxime groups is 1. The number of nitrogens with zero attached hydrogens (tertiary/aromatic N) is 2. The highest BCUT2D eigenvalue weighted by molar-refractivity contribution is 6.11. The van der Waals surface area contributed by atoms with E-state index in [1.165, 1.54) is 0 Å². The maximum Gasteiger partial charge on any atom is 0.437 e. The van der Waals surface area contributed by atoms with Crippen LogP contribution in [0.4, 0.5) is 10.5 Å². The molecule has 0 aliphatic heterocycles. The second-order valence-corrected chi connectivity index (χ2v) is 5.25. The van der Waals surface area contributed by atoms with Gasteiger partial charge in [-0.25, -0.2) is 4.79 Å². The van der Waals surface area contributed by atoms with Crippen molar-refractivity contribution in [1.29, 1.82) is 0 Å². The number of hydrogen-bond donors (Lipinski definition) is 1. The predicted octanol–water partition coefficient (Wildman–Crippen LogP) is 4.09. The molecule has 3 aromatic rings. The minimum Gasteiger partial charge on any atom is -0.497 e. The number of carbonyl (C=O) groups excluding carboxylic acids is 1. The normalized spacial score (nSPS) is 10.9. The number of nitrogens with one attached hydrogen (secondary N) is 1. The maximum absolute atomic E-state index is 12.0. The van der Waals surface area contributed by atoms with Crippen LogP contribution in [0.1, 0.15) is 11.3 Å². The Morgan fingerprint density at radius 1 is 0.962 bits per heavy atom. The number of rotatable bonds is 5. The molecule has 3 rings (SSSR count). The molecule has 1 N–H and O–H groups in total. The summed E-state index contributed by atoms with van der Waals surface area (Å²) >= 11 is 0. The fourth-order valence-electron chi connectivity index (χ4n) is 2.25. The summed E-state index contributed by atoms with van der Waals surface area (Å²) in [5.41, 5.74) is 2.44. The summed E-state index contributed by atoms with van der Waals surface area (Å²) < 4.78 is 5.08. The van der Waals surface area contributed by atoms with Crippen molar-refractivity contribution in [3.8, 4) is 5.75 Å². The molecule has 6 nitrogen and oxygen atoms in total. The van der Waals surface area contributed by atoms with E-state index in [4.69, 9.17) is 9.57 Å². The molecule has 6 heteroatoms. The van der Waals surface area contributed by atoms with Crippen molar-refractivity contribution in [2.45, 2.75) is 0 Å². The average Bonchev–Trinajstić information content (AvgIpc) is 2.70. The van der Waals surface area contributed by atoms with Gasteiger partial charge in [-0.1, -0.05) is 41.6 Å². The van der Waals surface area contributed by atoms with Crippen LogP contribution in [0.25, 0.3) is 0 Å². The molecule has 1 amide bonds. The van der Waals surface area contributed by atoms with Crippen molar-refractivity contribution in [2.24, 2.45) is 5.16 Å². The number of amides is 1. The first-order valence-electron chi connectivity index (χ1n) is 7.93. The molecule has 0 atom stereocenters. The fourth-order valence-corrected chi connectivity index (χ4v) is 2.25. The Labute approximate surface area is 151 Å². The summed E-state index contributed by atoms with van der Waals surface area (Å²) in [5.74, 6) is 0.698. The van der Waals surface area contributed by atoms with Gasteiger partial charge in [0.15, 0.2) is 0 Å². The highest BCUT2D eigenvalue weighted by Gasteiger charge is 2.11. The molecule has 2 aromatic carbocycles. The van der Waals surface area contributed by atoms with E-state index in [0.717, 1.165) is 5.56 Å². The fraction of sp³-hybridized carbons (Fsp3) is 0.0500. The molecule has 26 heavy (non-hydrogen) atoms. The Hall–Kier alpha value is -3.67. The zero-order valence-corrected chi connectivity index (χ0v) is 14.1. The van der Waals surface area contributed by atoms with Crippen LogP contribution in [0.3, 0.4) is 0 Å².